The average molecular weight is 333 g/mol. The summed E-state index contributed by atoms with van der Waals surface area (Å²) in [4.78, 5) is 11.1. The third-order valence-corrected chi connectivity index (χ3v) is 4.83. The van der Waals surface area contributed by atoms with Crippen molar-refractivity contribution in [3.8, 4) is 5.75 Å². The van der Waals surface area contributed by atoms with E-state index >= 15 is 0 Å². The lowest BCUT2D eigenvalue weighted by Crippen LogP contribution is -2.12. The van der Waals surface area contributed by atoms with Gasteiger partial charge in [0, 0.05) is 12.6 Å². The van der Waals surface area contributed by atoms with Crippen molar-refractivity contribution in [1.82, 2.24) is 0 Å². The highest BCUT2D eigenvalue weighted by molar-refractivity contribution is 7.87. The highest BCUT2D eigenvalue weighted by Crippen LogP contribution is 2.25. The van der Waals surface area contributed by atoms with Crippen LogP contribution in [-0.4, -0.2) is 14.3 Å². The molecule has 0 saturated heterocycles. The first-order valence-electron chi connectivity index (χ1n) is 7.09. The van der Waals surface area contributed by atoms with Gasteiger partial charge in [0.05, 0.1) is 0 Å². The first-order valence-corrected chi connectivity index (χ1v) is 8.50. The summed E-state index contributed by atoms with van der Waals surface area (Å²) in [6.45, 7) is 6.93. The molecule has 23 heavy (non-hydrogen) atoms. The summed E-state index contributed by atoms with van der Waals surface area (Å²) in [5.41, 5.74) is 3.13. The van der Waals surface area contributed by atoms with Gasteiger partial charge in [-0.2, -0.15) is 8.42 Å². The minimum Gasteiger partial charge on any atom is -0.379 e. The van der Waals surface area contributed by atoms with Crippen LogP contribution < -0.4 is 9.50 Å². The molecule has 0 aromatic heterocycles. The van der Waals surface area contributed by atoms with Gasteiger partial charge in [0.1, 0.15) is 10.6 Å². The number of nitrogens with one attached hydrogen (secondary N) is 1. The minimum atomic E-state index is -3.91. The number of anilines is 1. The van der Waals surface area contributed by atoms with Crippen molar-refractivity contribution < 1.29 is 17.4 Å². The van der Waals surface area contributed by atoms with Crippen LogP contribution in [0, 0.1) is 20.8 Å². The van der Waals surface area contributed by atoms with Gasteiger partial charge < -0.3 is 9.50 Å². The number of carbonyl (C=O) groups excluding carboxylic acids is 1. The molecule has 0 radical (unpaired) electrons. The van der Waals surface area contributed by atoms with Crippen LogP contribution in [0.2, 0.25) is 0 Å². The molecule has 0 aliphatic carbocycles. The van der Waals surface area contributed by atoms with E-state index in [2.05, 4.69) is 5.32 Å². The third kappa shape index (κ3) is 4.10. The Kier molecular flexibility index (Phi) is 4.75. The zero-order valence-electron chi connectivity index (χ0n) is 13.5. The number of hydrogen-bond donors (Lipinski definition) is 1. The highest BCUT2D eigenvalue weighted by Gasteiger charge is 2.20. The predicted molar refractivity (Wildman–Crippen MR) is 89.2 cm³/mol. The fourth-order valence-corrected chi connectivity index (χ4v) is 3.40. The summed E-state index contributed by atoms with van der Waals surface area (Å²) in [7, 11) is -3.91. The predicted octanol–water partition coefficient (Wildman–Crippen LogP) is 3.34. The van der Waals surface area contributed by atoms with E-state index in [-0.39, 0.29) is 16.6 Å². The summed E-state index contributed by atoms with van der Waals surface area (Å²) in [5, 5.41) is 2.61. The molecule has 2 rings (SSSR count). The molecule has 1 N–H and O–H groups in total. The van der Waals surface area contributed by atoms with Crippen LogP contribution in [0.3, 0.4) is 0 Å². The van der Waals surface area contributed by atoms with E-state index in [0.717, 1.165) is 11.1 Å². The molecule has 0 fully saturated rings. The number of carbonyl (C=O) groups is 1. The van der Waals surface area contributed by atoms with Crippen molar-refractivity contribution in [3.05, 3.63) is 53.1 Å². The first kappa shape index (κ1) is 17.0. The molecule has 6 heteroatoms. The van der Waals surface area contributed by atoms with E-state index in [0.29, 0.717) is 11.3 Å². The Balaban J connectivity index is 2.28. The molecular formula is C17H19NO4S. The monoisotopic (exact) mass is 333 g/mol. The zero-order chi connectivity index (χ0) is 17.2. The van der Waals surface area contributed by atoms with Crippen LogP contribution in [0.1, 0.15) is 23.6 Å². The summed E-state index contributed by atoms with van der Waals surface area (Å²) in [5.74, 6) is -0.00576. The van der Waals surface area contributed by atoms with Crippen molar-refractivity contribution in [3.63, 3.8) is 0 Å². The second-order valence-corrected chi connectivity index (χ2v) is 6.96. The van der Waals surface area contributed by atoms with Crippen molar-refractivity contribution >= 4 is 21.7 Å². The standard InChI is InChI=1S/C17H19NO4S/c1-11-9-13(3)17(10-12(11)2)23(20,21)22-16-7-5-15(6-8-16)18-14(4)19/h5-10H,1-4H3,(H,18,19). The maximum atomic E-state index is 12.5. The van der Waals surface area contributed by atoms with Gasteiger partial charge in [-0.05, 0) is 67.8 Å². The Labute approximate surface area is 136 Å². The van der Waals surface area contributed by atoms with Gasteiger partial charge in [-0.15, -0.1) is 0 Å². The fraction of sp³-hybridized carbons (Fsp3) is 0.235. The quantitative estimate of drug-likeness (QED) is 0.871. The van der Waals surface area contributed by atoms with Crippen LogP contribution in [0.15, 0.2) is 41.3 Å². The molecule has 2 aromatic carbocycles. The van der Waals surface area contributed by atoms with E-state index < -0.39 is 10.1 Å². The molecule has 0 heterocycles. The molecule has 0 saturated carbocycles. The second-order valence-electron chi connectivity index (χ2n) is 5.44. The van der Waals surface area contributed by atoms with Crippen molar-refractivity contribution in [1.29, 1.82) is 0 Å². The summed E-state index contributed by atoms with van der Waals surface area (Å²) in [6.07, 6.45) is 0. The lowest BCUT2D eigenvalue weighted by Gasteiger charge is -2.12. The smallest absolute Gasteiger partial charge is 0.339 e. The van der Waals surface area contributed by atoms with Gasteiger partial charge in [-0.3, -0.25) is 4.79 Å². The molecule has 0 bridgehead atoms. The first-order chi connectivity index (χ1) is 10.7. The van der Waals surface area contributed by atoms with E-state index in [1.165, 1.54) is 19.1 Å². The molecular weight excluding hydrogens is 314 g/mol. The normalized spacial score (nSPS) is 11.1. The maximum Gasteiger partial charge on any atom is 0.339 e. The molecule has 122 valence electrons. The molecule has 2 aromatic rings. The molecule has 0 atom stereocenters. The SMILES string of the molecule is CC(=O)Nc1ccc(OS(=O)(=O)c2cc(C)c(C)cc2C)cc1. The number of aryl methyl sites for hydroxylation is 3. The maximum absolute atomic E-state index is 12.5. The van der Waals surface area contributed by atoms with Crippen molar-refractivity contribution in [2.45, 2.75) is 32.6 Å². The van der Waals surface area contributed by atoms with Crippen LogP contribution >= 0.6 is 0 Å². The van der Waals surface area contributed by atoms with Gasteiger partial charge in [0.2, 0.25) is 5.91 Å². The number of hydrogen-bond acceptors (Lipinski definition) is 4. The molecule has 0 spiro atoms. The average Bonchev–Trinajstić information content (AvgIpc) is 2.44. The van der Waals surface area contributed by atoms with E-state index in [9.17, 15) is 13.2 Å². The fourth-order valence-electron chi connectivity index (χ4n) is 2.17. The lowest BCUT2D eigenvalue weighted by molar-refractivity contribution is -0.114. The summed E-state index contributed by atoms with van der Waals surface area (Å²) >= 11 is 0. The lowest BCUT2D eigenvalue weighted by atomic mass is 10.1. The molecule has 1 amide bonds. The zero-order valence-corrected chi connectivity index (χ0v) is 14.3. The van der Waals surface area contributed by atoms with Crippen LogP contribution in [0.4, 0.5) is 5.69 Å². The molecule has 0 aliphatic heterocycles. The number of rotatable bonds is 4. The Morgan fingerprint density at radius 3 is 2.09 bits per heavy atom. The van der Waals surface area contributed by atoms with Crippen molar-refractivity contribution in [2.24, 2.45) is 0 Å². The Bertz CT molecular complexity index is 840. The summed E-state index contributed by atoms with van der Waals surface area (Å²) < 4.78 is 30.1. The Morgan fingerprint density at radius 2 is 1.52 bits per heavy atom. The van der Waals surface area contributed by atoms with Crippen LogP contribution in [0.5, 0.6) is 5.75 Å². The van der Waals surface area contributed by atoms with Gasteiger partial charge in [0.25, 0.3) is 0 Å². The topological polar surface area (TPSA) is 72.5 Å². The Hall–Kier alpha value is -2.34. The third-order valence-electron chi connectivity index (χ3n) is 3.44. The van der Waals surface area contributed by atoms with Gasteiger partial charge in [-0.25, -0.2) is 0 Å². The van der Waals surface area contributed by atoms with E-state index in [1.54, 1.807) is 25.1 Å². The molecule has 0 aliphatic rings. The van der Waals surface area contributed by atoms with Crippen LogP contribution in [-0.2, 0) is 14.9 Å². The number of amides is 1. The highest BCUT2D eigenvalue weighted by atomic mass is 32.2. The van der Waals surface area contributed by atoms with Crippen LogP contribution in [0.25, 0.3) is 0 Å². The largest absolute Gasteiger partial charge is 0.379 e. The van der Waals surface area contributed by atoms with E-state index in [1.807, 2.05) is 19.9 Å². The molecule has 0 unspecified atom stereocenters. The second kappa shape index (κ2) is 6.42. The minimum absolute atomic E-state index is 0.159. The summed E-state index contributed by atoms with van der Waals surface area (Å²) in [6, 6.07) is 9.61. The van der Waals surface area contributed by atoms with Gasteiger partial charge >= 0.3 is 10.1 Å². The molecule has 5 nitrogen and oxygen atoms in total. The Morgan fingerprint density at radius 1 is 0.957 bits per heavy atom. The van der Waals surface area contributed by atoms with Gasteiger partial charge in [0.15, 0.2) is 0 Å². The number of benzene rings is 2. The van der Waals surface area contributed by atoms with Gasteiger partial charge in [-0.1, -0.05) is 6.07 Å². The van der Waals surface area contributed by atoms with Crippen molar-refractivity contribution in [2.75, 3.05) is 5.32 Å². The van der Waals surface area contributed by atoms with E-state index in [4.69, 9.17) is 4.18 Å².